The lowest BCUT2D eigenvalue weighted by molar-refractivity contribution is 0.0600. The summed E-state index contributed by atoms with van der Waals surface area (Å²) in [6.07, 6.45) is 7.07. The minimum Gasteiger partial charge on any atom is -0.465 e. The molecule has 5 nitrogen and oxygen atoms in total. The third-order valence-electron chi connectivity index (χ3n) is 8.00. The molecule has 222 valence electrons. The highest BCUT2D eigenvalue weighted by Crippen LogP contribution is 2.33. The van der Waals surface area contributed by atoms with Gasteiger partial charge in [-0.1, -0.05) is 106 Å². The van der Waals surface area contributed by atoms with E-state index in [0.29, 0.717) is 5.56 Å². The molecule has 4 aromatic rings. The van der Waals surface area contributed by atoms with E-state index in [-0.39, 0.29) is 5.97 Å². The highest BCUT2D eigenvalue weighted by molar-refractivity contribution is 5.89. The Hall–Kier alpha value is -3.70. The number of imidazole rings is 1. The molecular formula is C37H47N3O2. The van der Waals surface area contributed by atoms with Gasteiger partial charge >= 0.3 is 5.97 Å². The number of nitrogens with zero attached hydrogens (tertiary/aromatic N) is 3. The van der Waals surface area contributed by atoms with Crippen LogP contribution in [0, 0.1) is 13.8 Å². The summed E-state index contributed by atoms with van der Waals surface area (Å²) in [5, 5.41) is 0. The maximum absolute atomic E-state index is 12.0. The van der Waals surface area contributed by atoms with Crippen LogP contribution in [-0.4, -0.2) is 34.1 Å². The molecule has 0 atom stereocenters. The van der Waals surface area contributed by atoms with Crippen molar-refractivity contribution in [3.05, 3.63) is 101 Å². The number of methoxy groups -OCH3 is 1. The molecule has 0 bridgehead atoms. The summed E-state index contributed by atoms with van der Waals surface area (Å²) >= 11 is 0. The van der Waals surface area contributed by atoms with Crippen molar-refractivity contribution in [3.8, 4) is 22.6 Å². The lowest BCUT2D eigenvalue weighted by Gasteiger charge is -2.24. The second kappa shape index (κ2) is 15.5. The molecule has 5 heteroatoms. The van der Waals surface area contributed by atoms with Gasteiger partial charge in [-0.2, -0.15) is 0 Å². The molecule has 0 N–H and O–H groups in total. The summed E-state index contributed by atoms with van der Waals surface area (Å²) in [6.45, 7) is 12.4. The van der Waals surface area contributed by atoms with Crippen molar-refractivity contribution in [1.29, 1.82) is 0 Å². The van der Waals surface area contributed by atoms with Gasteiger partial charge in [-0.15, -0.1) is 0 Å². The topological polar surface area (TPSA) is 47.4 Å². The van der Waals surface area contributed by atoms with Crippen LogP contribution >= 0.6 is 0 Å². The van der Waals surface area contributed by atoms with Gasteiger partial charge < -0.3 is 9.30 Å². The zero-order valence-electron chi connectivity index (χ0n) is 26.2. The Morgan fingerprint density at radius 3 is 2.21 bits per heavy atom. The van der Waals surface area contributed by atoms with Gasteiger partial charge in [0.15, 0.2) is 0 Å². The van der Waals surface area contributed by atoms with E-state index in [2.05, 4.69) is 97.8 Å². The maximum Gasteiger partial charge on any atom is 0.337 e. The van der Waals surface area contributed by atoms with Crippen molar-refractivity contribution in [2.75, 3.05) is 13.7 Å². The number of benzene rings is 3. The molecule has 0 aliphatic rings. The van der Waals surface area contributed by atoms with Crippen molar-refractivity contribution in [2.24, 2.45) is 0 Å². The zero-order valence-corrected chi connectivity index (χ0v) is 26.2. The average molecular weight is 566 g/mol. The fourth-order valence-corrected chi connectivity index (χ4v) is 5.49. The Morgan fingerprint density at radius 2 is 1.55 bits per heavy atom. The third kappa shape index (κ3) is 7.98. The smallest absolute Gasteiger partial charge is 0.337 e. The third-order valence-corrected chi connectivity index (χ3v) is 8.00. The number of aromatic nitrogens is 2. The Kier molecular flexibility index (Phi) is 11.5. The van der Waals surface area contributed by atoms with Crippen LogP contribution in [0.2, 0.25) is 0 Å². The Labute approximate surface area is 252 Å². The molecule has 0 fully saturated rings. The van der Waals surface area contributed by atoms with Crippen LogP contribution < -0.4 is 0 Å². The maximum atomic E-state index is 12.0. The van der Waals surface area contributed by atoms with E-state index in [1.54, 1.807) is 0 Å². The quantitative estimate of drug-likeness (QED) is 0.107. The number of hydrogen-bond donors (Lipinski definition) is 0. The number of carbonyl (C=O) groups is 1. The molecule has 0 saturated heterocycles. The van der Waals surface area contributed by atoms with Gasteiger partial charge in [-0.3, -0.25) is 4.90 Å². The first-order valence-electron chi connectivity index (χ1n) is 15.6. The first-order valence-corrected chi connectivity index (χ1v) is 15.6. The highest BCUT2D eigenvalue weighted by atomic mass is 16.5. The van der Waals surface area contributed by atoms with Gasteiger partial charge in [-0.05, 0) is 56.5 Å². The Bertz CT molecular complexity index is 1420. The summed E-state index contributed by atoms with van der Waals surface area (Å²) in [4.78, 5) is 20.0. The molecule has 1 heterocycles. The molecule has 0 amide bonds. The summed E-state index contributed by atoms with van der Waals surface area (Å²) in [7, 11) is 1.42. The number of esters is 1. The largest absolute Gasteiger partial charge is 0.465 e. The zero-order chi connectivity index (χ0) is 29.9. The predicted octanol–water partition coefficient (Wildman–Crippen LogP) is 9.00. The SMILES string of the molecule is CCCCCCN(Cc1ccc(C(=O)OC)cc1)Cc1c(-c2ccc(C)cc2)nc(-c2ccccc2C)n1CCCC. The molecule has 3 aromatic carbocycles. The van der Waals surface area contributed by atoms with E-state index in [9.17, 15) is 4.79 Å². The van der Waals surface area contributed by atoms with Crippen LogP contribution in [0.1, 0.15) is 85.1 Å². The summed E-state index contributed by atoms with van der Waals surface area (Å²) in [5.41, 5.74) is 8.96. The van der Waals surface area contributed by atoms with Crippen molar-refractivity contribution < 1.29 is 9.53 Å². The van der Waals surface area contributed by atoms with Crippen LogP contribution in [0.15, 0.2) is 72.8 Å². The number of carbonyl (C=O) groups excluding carboxylic acids is 1. The van der Waals surface area contributed by atoms with E-state index in [0.717, 1.165) is 62.5 Å². The molecule has 4 rings (SSSR count). The highest BCUT2D eigenvalue weighted by Gasteiger charge is 2.23. The van der Waals surface area contributed by atoms with Gasteiger partial charge in [0, 0.05) is 30.8 Å². The standard InChI is InChI=1S/C37H47N3O2/c1-6-8-10-13-24-39(26-30-18-22-32(23-19-30)37(41)42-5)27-34-35(31-20-16-28(3)17-21-31)38-36(40(34)25-9-7-2)33-15-12-11-14-29(33)4/h11-12,14-23H,6-10,13,24-27H2,1-5H3. The molecular weight excluding hydrogens is 518 g/mol. The molecule has 0 unspecified atom stereocenters. The monoisotopic (exact) mass is 565 g/mol. The molecule has 0 spiro atoms. The van der Waals surface area contributed by atoms with Crippen LogP contribution in [0.3, 0.4) is 0 Å². The second-order valence-corrected chi connectivity index (χ2v) is 11.4. The van der Waals surface area contributed by atoms with Crippen LogP contribution in [-0.2, 0) is 24.4 Å². The summed E-state index contributed by atoms with van der Waals surface area (Å²) < 4.78 is 7.39. The van der Waals surface area contributed by atoms with Crippen LogP contribution in [0.5, 0.6) is 0 Å². The van der Waals surface area contributed by atoms with E-state index < -0.39 is 0 Å². The van der Waals surface area contributed by atoms with E-state index in [1.807, 2.05) is 12.1 Å². The van der Waals surface area contributed by atoms with Crippen molar-refractivity contribution in [2.45, 2.75) is 85.9 Å². The van der Waals surface area contributed by atoms with Gasteiger partial charge in [0.25, 0.3) is 0 Å². The minimum absolute atomic E-state index is 0.302. The van der Waals surface area contributed by atoms with Gasteiger partial charge in [0.1, 0.15) is 5.82 Å². The Balaban J connectivity index is 1.78. The number of hydrogen-bond acceptors (Lipinski definition) is 4. The first-order chi connectivity index (χ1) is 20.4. The average Bonchev–Trinajstić information content (AvgIpc) is 3.36. The lowest BCUT2D eigenvalue weighted by Crippen LogP contribution is -2.26. The molecule has 0 saturated carbocycles. The van der Waals surface area contributed by atoms with E-state index in [4.69, 9.17) is 9.72 Å². The molecule has 0 radical (unpaired) electrons. The predicted molar refractivity (Wildman–Crippen MR) is 174 cm³/mol. The van der Waals surface area contributed by atoms with Gasteiger partial charge in [-0.25, -0.2) is 9.78 Å². The van der Waals surface area contributed by atoms with Gasteiger partial charge in [0.05, 0.1) is 24.1 Å². The van der Waals surface area contributed by atoms with Crippen LogP contribution in [0.4, 0.5) is 0 Å². The van der Waals surface area contributed by atoms with Crippen molar-refractivity contribution >= 4 is 5.97 Å². The van der Waals surface area contributed by atoms with Crippen molar-refractivity contribution in [3.63, 3.8) is 0 Å². The lowest BCUT2D eigenvalue weighted by atomic mass is 10.1. The molecule has 42 heavy (non-hydrogen) atoms. The second-order valence-electron chi connectivity index (χ2n) is 11.4. The van der Waals surface area contributed by atoms with Crippen molar-refractivity contribution in [1.82, 2.24) is 14.5 Å². The van der Waals surface area contributed by atoms with E-state index in [1.165, 1.54) is 54.3 Å². The molecule has 1 aromatic heterocycles. The normalized spacial score (nSPS) is 11.3. The number of ether oxygens (including phenoxy) is 1. The summed E-state index contributed by atoms with van der Waals surface area (Å²) in [6, 6.07) is 25.2. The number of rotatable bonds is 15. The first kappa shape index (κ1) is 31.2. The minimum atomic E-state index is -0.302. The summed E-state index contributed by atoms with van der Waals surface area (Å²) in [5.74, 6) is 0.754. The van der Waals surface area contributed by atoms with E-state index >= 15 is 0 Å². The number of aryl methyl sites for hydroxylation is 2. The fraction of sp³-hybridized carbons (Fsp3) is 0.405. The molecule has 0 aliphatic carbocycles. The fourth-order valence-electron chi connectivity index (χ4n) is 5.49. The van der Waals surface area contributed by atoms with Crippen LogP contribution in [0.25, 0.3) is 22.6 Å². The number of unbranched alkanes of at least 4 members (excludes halogenated alkanes) is 4. The molecule has 0 aliphatic heterocycles. The van der Waals surface area contributed by atoms with Gasteiger partial charge in [0.2, 0.25) is 0 Å². The Morgan fingerprint density at radius 1 is 0.833 bits per heavy atom.